The van der Waals surface area contributed by atoms with E-state index in [2.05, 4.69) is 4.98 Å². The third-order valence-corrected chi connectivity index (χ3v) is 5.78. The average Bonchev–Trinajstić information content (AvgIpc) is 3.02. The molecule has 1 aromatic rings. The van der Waals surface area contributed by atoms with E-state index >= 15 is 0 Å². The van der Waals surface area contributed by atoms with Gasteiger partial charge in [-0.15, -0.1) is 11.3 Å². The highest BCUT2D eigenvalue weighted by Gasteiger charge is 2.35. The SMILES string of the molecule is O=C(CC1(O)CCCCC1)N1CCC[C@H](c2nccs2)C1. The largest absolute Gasteiger partial charge is 0.389 e. The van der Waals surface area contributed by atoms with Crippen molar-refractivity contribution in [3.8, 4) is 0 Å². The maximum atomic E-state index is 12.5. The molecule has 1 aromatic heterocycles. The lowest BCUT2D eigenvalue weighted by Gasteiger charge is -2.36. The summed E-state index contributed by atoms with van der Waals surface area (Å²) in [6.45, 7) is 1.60. The van der Waals surface area contributed by atoms with E-state index in [-0.39, 0.29) is 5.91 Å². The molecule has 1 aliphatic carbocycles. The molecule has 3 rings (SSSR count). The average molecular weight is 308 g/mol. The first-order chi connectivity index (χ1) is 10.2. The Morgan fingerprint density at radius 2 is 2.19 bits per heavy atom. The molecule has 0 aromatic carbocycles. The van der Waals surface area contributed by atoms with Crippen LogP contribution < -0.4 is 0 Å². The zero-order valence-corrected chi connectivity index (χ0v) is 13.3. The molecular weight excluding hydrogens is 284 g/mol. The molecule has 1 amide bonds. The number of likely N-dealkylation sites (tertiary alicyclic amines) is 1. The summed E-state index contributed by atoms with van der Waals surface area (Å²) in [6, 6.07) is 0. The molecule has 5 heteroatoms. The Hall–Kier alpha value is -0.940. The van der Waals surface area contributed by atoms with E-state index in [0.717, 1.165) is 56.6 Å². The van der Waals surface area contributed by atoms with Gasteiger partial charge in [0.15, 0.2) is 0 Å². The second-order valence-electron chi connectivity index (χ2n) is 6.51. The first-order valence-corrected chi connectivity index (χ1v) is 8.94. The van der Waals surface area contributed by atoms with Gasteiger partial charge >= 0.3 is 0 Å². The molecule has 1 saturated heterocycles. The Balaban J connectivity index is 1.59. The van der Waals surface area contributed by atoms with E-state index in [1.54, 1.807) is 11.3 Å². The normalized spacial score (nSPS) is 25.8. The van der Waals surface area contributed by atoms with Crippen molar-refractivity contribution in [2.45, 2.75) is 62.9 Å². The van der Waals surface area contributed by atoms with Crippen molar-refractivity contribution < 1.29 is 9.90 Å². The standard InChI is InChI=1S/C16H24N2O2S/c19-14(11-16(20)6-2-1-3-7-16)18-9-4-5-13(12-18)15-17-8-10-21-15/h8,10,13,20H,1-7,9,11-12H2/t13-/m0/s1. The molecular formula is C16H24N2O2S. The van der Waals surface area contributed by atoms with E-state index < -0.39 is 5.60 Å². The highest BCUT2D eigenvalue weighted by Crippen LogP contribution is 2.33. The molecule has 0 radical (unpaired) electrons. The molecule has 2 aliphatic rings. The van der Waals surface area contributed by atoms with Gasteiger partial charge in [0.1, 0.15) is 0 Å². The number of amides is 1. The number of carbonyl (C=O) groups excluding carboxylic acids is 1. The fourth-order valence-electron chi connectivity index (χ4n) is 3.62. The maximum absolute atomic E-state index is 12.5. The molecule has 0 unspecified atom stereocenters. The monoisotopic (exact) mass is 308 g/mol. The van der Waals surface area contributed by atoms with Crippen molar-refractivity contribution >= 4 is 17.2 Å². The van der Waals surface area contributed by atoms with Crippen LogP contribution in [0.4, 0.5) is 0 Å². The van der Waals surface area contributed by atoms with Gasteiger partial charge in [0, 0.05) is 30.6 Å². The smallest absolute Gasteiger partial charge is 0.225 e. The zero-order valence-electron chi connectivity index (χ0n) is 12.5. The van der Waals surface area contributed by atoms with E-state index in [4.69, 9.17) is 0 Å². The summed E-state index contributed by atoms with van der Waals surface area (Å²) in [5.74, 6) is 0.504. The number of hydrogen-bond acceptors (Lipinski definition) is 4. The van der Waals surface area contributed by atoms with Crippen LogP contribution >= 0.6 is 11.3 Å². The first-order valence-electron chi connectivity index (χ1n) is 8.06. The van der Waals surface area contributed by atoms with Crippen LogP contribution in [-0.4, -0.2) is 39.6 Å². The quantitative estimate of drug-likeness (QED) is 0.934. The molecule has 1 saturated carbocycles. The molecule has 1 atom stereocenters. The van der Waals surface area contributed by atoms with Crippen LogP contribution in [0.1, 0.15) is 62.3 Å². The number of aromatic nitrogens is 1. The topological polar surface area (TPSA) is 53.4 Å². The fourth-order valence-corrected chi connectivity index (χ4v) is 4.39. The number of thiazole rings is 1. The summed E-state index contributed by atoms with van der Waals surface area (Å²) in [5, 5.41) is 13.7. The van der Waals surface area contributed by atoms with Gasteiger partial charge in [-0.2, -0.15) is 0 Å². The summed E-state index contributed by atoms with van der Waals surface area (Å²) in [5.41, 5.74) is -0.747. The second kappa shape index (κ2) is 6.44. The molecule has 116 valence electrons. The summed E-state index contributed by atoms with van der Waals surface area (Å²) in [6.07, 6.45) is 9.13. The van der Waals surface area contributed by atoms with Gasteiger partial charge in [0.2, 0.25) is 5.91 Å². The zero-order chi connectivity index (χ0) is 14.7. The van der Waals surface area contributed by atoms with Crippen LogP contribution in [0.15, 0.2) is 11.6 Å². The molecule has 21 heavy (non-hydrogen) atoms. The summed E-state index contributed by atoms with van der Waals surface area (Å²) >= 11 is 1.68. The molecule has 0 bridgehead atoms. The minimum atomic E-state index is -0.747. The van der Waals surface area contributed by atoms with E-state index in [1.807, 2.05) is 16.5 Å². The Morgan fingerprint density at radius 3 is 2.90 bits per heavy atom. The Morgan fingerprint density at radius 1 is 1.38 bits per heavy atom. The first kappa shape index (κ1) is 15.0. The predicted molar refractivity (Wildman–Crippen MR) is 83.3 cm³/mol. The van der Waals surface area contributed by atoms with Crippen molar-refractivity contribution in [2.75, 3.05) is 13.1 Å². The van der Waals surface area contributed by atoms with Gasteiger partial charge in [-0.1, -0.05) is 19.3 Å². The Kier molecular flexibility index (Phi) is 4.60. The van der Waals surface area contributed by atoms with Crippen molar-refractivity contribution in [1.29, 1.82) is 0 Å². The number of rotatable bonds is 3. The number of piperidine rings is 1. The van der Waals surface area contributed by atoms with E-state index in [0.29, 0.717) is 12.3 Å². The Bertz CT molecular complexity index is 469. The highest BCUT2D eigenvalue weighted by atomic mass is 32.1. The maximum Gasteiger partial charge on any atom is 0.225 e. The van der Waals surface area contributed by atoms with Gasteiger partial charge in [-0.3, -0.25) is 4.79 Å². The molecule has 1 N–H and O–H groups in total. The van der Waals surface area contributed by atoms with Crippen LogP contribution in [0.2, 0.25) is 0 Å². The van der Waals surface area contributed by atoms with Crippen LogP contribution in [0, 0.1) is 0 Å². The molecule has 2 fully saturated rings. The molecule has 0 spiro atoms. The van der Waals surface area contributed by atoms with Gasteiger partial charge in [-0.05, 0) is 25.7 Å². The van der Waals surface area contributed by atoms with Crippen LogP contribution in [-0.2, 0) is 4.79 Å². The number of aliphatic hydroxyl groups is 1. The second-order valence-corrected chi connectivity index (χ2v) is 7.44. The number of hydrogen-bond donors (Lipinski definition) is 1. The number of carbonyl (C=O) groups is 1. The highest BCUT2D eigenvalue weighted by molar-refractivity contribution is 7.09. The predicted octanol–water partition coefficient (Wildman–Crippen LogP) is 2.93. The van der Waals surface area contributed by atoms with Crippen molar-refractivity contribution in [2.24, 2.45) is 0 Å². The van der Waals surface area contributed by atoms with Crippen LogP contribution in [0.25, 0.3) is 0 Å². The summed E-state index contributed by atoms with van der Waals surface area (Å²) in [4.78, 5) is 18.9. The summed E-state index contributed by atoms with van der Waals surface area (Å²) < 4.78 is 0. The molecule has 2 heterocycles. The van der Waals surface area contributed by atoms with Crippen LogP contribution in [0.3, 0.4) is 0 Å². The minimum Gasteiger partial charge on any atom is -0.389 e. The van der Waals surface area contributed by atoms with Gasteiger partial charge in [-0.25, -0.2) is 4.98 Å². The number of nitrogens with zero attached hydrogens (tertiary/aromatic N) is 2. The Labute approximate surface area is 130 Å². The van der Waals surface area contributed by atoms with Gasteiger partial charge in [0.25, 0.3) is 0 Å². The third-order valence-electron chi connectivity index (χ3n) is 4.84. The van der Waals surface area contributed by atoms with Gasteiger partial charge < -0.3 is 10.0 Å². The van der Waals surface area contributed by atoms with Crippen molar-refractivity contribution in [3.63, 3.8) is 0 Å². The van der Waals surface area contributed by atoms with E-state index in [1.165, 1.54) is 6.42 Å². The lowest BCUT2D eigenvalue weighted by atomic mass is 9.82. The lowest BCUT2D eigenvalue weighted by Crippen LogP contribution is -2.44. The molecule has 1 aliphatic heterocycles. The van der Waals surface area contributed by atoms with E-state index in [9.17, 15) is 9.90 Å². The molecule has 4 nitrogen and oxygen atoms in total. The summed E-state index contributed by atoms with van der Waals surface area (Å²) in [7, 11) is 0. The fraction of sp³-hybridized carbons (Fsp3) is 0.750. The minimum absolute atomic E-state index is 0.126. The van der Waals surface area contributed by atoms with Gasteiger partial charge in [0.05, 0.1) is 17.0 Å². The lowest BCUT2D eigenvalue weighted by molar-refractivity contribution is -0.139. The van der Waals surface area contributed by atoms with Crippen LogP contribution in [0.5, 0.6) is 0 Å². The third kappa shape index (κ3) is 3.64. The van der Waals surface area contributed by atoms with Crippen molar-refractivity contribution in [1.82, 2.24) is 9.88 Å². The van der Waals surface area contributed by atoms with Crippen molar-refractivity contribution in [3.05, 3.63) is 16.6 Å².